The molecule has 1 atom stereocenters. The molecule has 102 valence electrons. The van der Waals surface area contributed by atoms with E-state index in [-0.39, 0.29) is 6.04 Å². The van der Waals surface area contributed by atoms with Gasteiger partial charge in [-0.25, -0.2) is 0 Å². The van der Waals surface area contributed by atoms with Gasteiger partial charge >= 0.3 is 0 Å². The van der Waals surface area contributed by atoms with Crippen molar-refractivity contribution in [3.63, 3.8) is 0 Å². The highest BCUT2D eigenvalue weighted by Gasteiger charge is 2.35. The lowest BCUT2D eigenvalue weighted by molar-refractivity contribution is 0.165. The van der Waals surface area contributed by atoms with E-state index < -0.39 is 0 Å². The van der Waals surface area contributed by atoms with Crippen LogP contribution >= 0.6 is 0 Å². The van der Waals surface area contributed by atoms with Gasteiger partial charge in [0.15, 0.2) is 0 Å². The van der Waals surface area contributed by atoms with Crippen molar-refractivity contribution >= 4 is 0 Å². The van der Waals surface area contributed by atoms with Crippen molar-refractivity contribution in [1.29, 1.82) is 5.26 Å². The van der Waals surface area contributed by atoms with Crippen LogP contribution in [0, 0.1) is 11.3 Å². The maximum absolute atomic E-state index is 9.18. The Hall–Kier alpha value is -2.05. The lowest BCUT2D eigenvalue weighted by atomic mass is 10.0. The van der Waals surface area contributed by atoms with Gasteiger partial charge < -0.3 is 4.42 Å². The Kier molecular flexibility index (Phi) is 3.85. The highest BCUT2D eigenvalue weighted by atomic mass is 16.3. The quantitative estimate of drug-likeness (QED) is 0.796. The minimum absolute atomic E-state index is 0.152. The summed E-state index contributed by atoms with van der Waals surface area (Å²) in [7, 11) is 0. The summed E-state index contributed by atoms with van der Waals surface area (Å²) in [5, 5.41) is 9.18. The number of benzene rings is 1. The van der Waals surface area contributed by atoms with E-state index in [4.69, 9.17) is 4.42 Å². The molecule has 3 heteroatoms. The first-order valence-corrected chi connectivity index (χ1v) is 7.08. The van der Waals surface area contributed by atoms with Crippen LogP contribution in [-0.2, 0) is 6.54 Å². The fourth-order valence-electron chi connectivity index (χ4n) is 2.67. The van der Waals surface area contributed by atoms with Gasteiger partial charge in [-0.05, 0) is 30.5 Å². The molecule has 1 aromatic carbocycles. The summed E-state index contributed by atoms with van der Waals surface area (Å²) in [5.74, 6) is 0.968. The Balaban J connectivity index is 1.85. The number of furan rings is 1. The predicted molar refractivity (Wildman–Crippen MR) is 76.7 cm³/mol. The molecule has 2 aromatic rings. The van der Waals surface area contributed by atoms with Crippen LogP contribution in [0.15, 0.2) is 53.1 Å². The van der Waals surface area contributed by atoms with Crippen molar-refractivity contribution in [3.8, 4) is 6.07 Å². The second-order valence-corrected chi connectivity index (χ2v) is 5.27. The average molecular weight is 266 g/mol. The molecule has 0 saturated heterocycles. The van der Waals surface area contributed by atoms with Gasteiger partial charge in [0.25, 0.3) is 0 Å². The molecule has 0 N–H and O–H groups in total. The van der Waals surface area contributed by atoms with Gasteiger partial charge in [0.2, 0.25) is 0 Å². The summed E-state index contributed by atoms with van der Waals surface area (Å²) in [6.07, 6.45) is 4.66. The maximum Gasteiger partial charge on any atom is 0.117 e. The second-order valence-electron chi connectivity index (χ2n) is 5.27. The predicted octanol–water partition coefficient (Wildman–Crippen LogP) is 3.90. The number of hydrogen-bond donors (Lipinski definition) is 0. The number of hydrogen-bond acceptors (Lipinski definition) is 3. The van der Waals surface area contributed by atoms with Crippen LogP contribution in [0.4, 0.5) is 0 Å². The van der Waals surface area contributed by atoms with Gasteiger partial charge in [0.1, 0.15) is 5.76 Å². The molecule has 1 heterocycles. The molecule has 1 aliphatic rings. The normalized spacial score (nSPS) is 16.0. The zero-order chi connectivity index (χ0) is 13.8. The maximum atomic E-state index is 9.18. The topological polar surface area (TPSA) is 40.2 Å². The third kappa shape index (κ3) is 2.92. The first-order valence-electron chi connectivity index (χ1n) is 7.08. The fraction of sp³-hybridized carbons (Fsp3) is 0.353. The number of rotatable bonds is 6. The average Bonchev–Trinajstić information content (AvgIpc) is 3.21. The molecule has 1 aromatic heterocycles. The summed E-state index contributed by atoms with van der Waals surface area (Å²) in [6.45, 7) is 0.777. The molecule has 0 bridgehead atoms. The molecule has 0 amide bonds. The second kappa shape index (κ2) is 5.94. The molecule has 0 aliphatic heterocycles. The van der Waals surface area contributed by atoms with Crippen LogP contribution in [0.25, 0.3) is 0 Å². The smallest absolute Gasteiger partial charge is 0.117 e. The number of nitrogens with zero attached hydrogens (tertiary/aromatic N) is 2. The number of nitriles is 1. The lowest BCUT2D eigenvalue weighted by Crippen LogP contribution is -2.30. The Morgan fingerprint density at radius 3 is 2.60 bits per heavy atom. The van der Waals surface area contributed by atoms with Crippen molar-refractivity contribution < 1.29 is 4.42 Å². The summed E-state index contributed by atoms with van der Waals surface area (Å²) in [5.41, 5.74) is 1.22. The van der Waals surface area contributed by atoms with Crippen LogP contribution in [0.3, 0.4) is 0 Å². The van der Waals surface area contributed by atoms with Crippen LogP contribution in [0.2, 0.25) is 0 Å². The van der Waals surface area contributed by atoms with Gasteiger partial charge in [-0.15, -0.1) is 0 Å². The van der Waals surface area contributed by atoms with Crippen LogP contribution in [0.5, 0.6) is 0 Å². The molecule has 1 aliphatic carbocycles. The van der Waals surface area contributed by atoms with E-state index >= 15 is 0 Å². The Morgan fingerprint density at radius 1 is 1.20 bits per heavy atom. The van der Waals surface area contributed by atoms with Gasteiger partial charge in [0.05, 0.1) is 25.3 Å². The summed E-state index contributed by atoms with van der Waals surface area (Å²) < 4.78 is 5.48. The molecule has 1 fully saturated rings. The first kappa shape index (κ1) is 13.0. The molecule has 0 spiro atoms. The Labute approximate surface area is 119 Å². The highest BCUT2D eigenvalue weighted by Crippen LogP contribution is 2.37. The monoisotopic (exact) mass is 266 g/mol. The van der Waals surface area contributed by atoms with Crippen LogP contribution in [0.1, 0.15) is 36.6 Å². The van der Waals surface area contributed by atoms with E-state index in [2.05, 4.69) is 23.1 Å². The molecule has 3 rings (SSSR count). The van der Waals surface area contributed by atoms with Gasteiger partial charge in [-0.2, -0.15) is 5.26 Å². The molecule has 1 unspecified atom stereocenters. The molecule has 0 radical (unpaired) electrons. The summed E-state index contributed by atoms with van der Waals surface area (Å²) >= 11 is 0. The Morgan fingerprint density at radius 2 is 2.00 bits per heavy atom. The van der Waals surface area contributed by atoms with E-state index in [9.17, 15) is 5.26 Å². The SMILES string of the molecule is N#CCC(c1ccccc1)N(Cc1ccco1)C1CC1. The third-order valence-corrected chi connectivity index (χ3v) is 3.80. The molecule has 3 nitrogen and oxygen atoms in total. The van der Waals surface area contributed by atoms with E-state index in [0.29, 0.717) is 12.5 Å². The van der Waals surface area contributed by atoms with Crippen molar-refractivity contribution in [2.75, 3.05) is 0 Å². The zero-order valence-electron chi connectivity index (χ0n) is 11.4. The van der Waals surface area contributed by atoms with Crippen molar-refractivity contribution in [1.82, 2.24) is 4.90 Å². The highest BCUT2D eigenvalue weighted by molar-refractivity contribution is 5.21. The van der Waals surface area contributed by atoms with Gasteiger partial charge in [-0.3, -0.25) is 4.90 Å². The molecule has 1 saturated carbocycles. The van der Waals surface area contributed by atoms with Crippen molar-refractivity contribution in [2.45, 2.75) is 37.9 Å². The zero-order valence-corrected chi connectivity index (χ0v) is 11.4. The van der Waals surface area contributed by atoms with E-state index in [1.54, 1.807) is 6.26 Å². The lowest BCUT2D eigenvalue weighted by Gasteiger charge is -2.30. The Bertz CT molecular complexity index is 567. The van der Waals surface area contributed by atoms with E-state index in [0.717, 1.165) is 12.3 Å². The minimum Gasteiger partial charge on any atom is -0.468 e. The van der Waals surface area contributed by atoms with Gasteiger partial charge in [0, 0.05) is 12.1 Å². The largest absolute Gasteiger partial charge is 0.468 e. The molecule has 20 heavy (non-hydrogen) atoms. The van der Waals surface area contributed by atoms with E-state index in [1.807, 2.05) is 30.3 Å². The summed E-state index contributed by atoms with van der Waals surface area (Å²) in [6, 6.07) is 17.3. The minimum atomic E-state index is 0.152. The standard InChI is InChI=1S/C17H18N2O/c18-11-10-17(14-5-2-1-3-6-14)19(15-8-9-15)13-16-7-4-12-20-16/h1-7,12,15,17H,8-10,13H2. The molecular weight excluding hydrogens is 248 g/mol. The van der Waals surface area contributed by atoms with E-state index in [1.165, 1.54) is 18.4 Å². The third-order valence-electron chi connectivity index (χ3n) is 3.80. The first-order chi connectivity index (χ1) is 9.88. The summed E-state index contributed by atoms with van der Waals surface area (Å²) in [4.78, 5) is 2.41. The van der Waals surface area contributed by atoms with Crippen LogP contribution in [-0.4, -0.2) is 10.9 Å². The molecular formula is C17H18N2O. The van der Waals surface area contributed by atoms with Crippen LogP contribution < -0.4 is 0 Å². The van der Waals surface area contributed by atoms with Crippen molar-refractivity contribution in [2.24, 2.45) is 0 Å². The van der Waals surface area contributed by atoms with Gasteiger partial charge in [-0.1, -0.05) is 30.3 Å². The fourth-order valence-corrected chi connectivity index (χ4v) is 2.67. The van der Waals surface area contributed by atoms with Crippen molar-refractivity contribution in [3.05, 3.63) is 60.1 Å².